The Balaban J connectivity index is 1.50. The van der Waals surface area contributed by atoms with Gasteiger partial charge in [0, 0.05) is 36.0 Å². The Morgan fingerprint density at radius 1 is 1.33 bits per heavy atom. The van der Waals surface area contributed by atoms with Gasteiger partial charge in [0.2, 0.25) is 0 Å². The van der Waals surface area contributed by atoms with Crippen molar-refractivity contribution in [3.8, 4) is 0 Å². The summed E-state index contributed by atoms with van der Waals surface area (Å²) in [6, 6.07) is 5.69. The lowest BCUT2D eigenvalue weighted by Gasteiger charge is -2.47. The SMILES string of the molecule is NOCCCC1(N)CN(C(=O)c2sc3cc(C4=CCC(F)(F)CC4)ccc3c2Cl)C1. The number of fused-ring (bicyclic) bond motifs is 1. The molecule has 2 aliphatic rings. The number of nitrogens with zero attached hydrogens (tertiary/aromatic N) is 1. The van der Waals surface area contributed by atoms with Gasteiger partial charge in [0.1, 0.15) is 4.88 Å². The minimum absolute atomic E-state index is 0.129. The first-order valence-corrected chi connectivity index (χ1v) is 11.1. The molecule has 9 heteroatoms. The second-order valence-electron chi connectivity index (χ2n) is 8.24. The highest BCUT2D eigenvalue weighted by Gasteiger charge is 2.42. The number of alkyl halides is 2. The maximum atomic E-state index is 13.4. The quantitative estimate of drug-likeness (QED) is 0.493. The van der Waals surface area contributed by atoms with E-state index in [0.717, 1.165) is 34.1 Å². The van der Waals surface area contributed by atoms with E-state index in [4.69, 9.17) is 23.2 Å². The average molecular weight is 456 g/mol. The smallest absolute Gasteiger partial charge is 0.265 e. The topological polar surface area (TPSA) is 81.6 Å². The van der Waals surface area contributed by atoms with Crippen LogP contribution in [-0.2, 0) is 4.84 Å². The molecule has 2 aromatic rings. The van der Waals surface area contributed by atoms with Crippen LogP contribution in [0, 0.1) is 0 Å². The van der Waals surface area contributed by atoms with Crippen LogP contribution in [0.4, 0.5) is 8.78 Å². The van der Waals surface area contributed by atoms with E-state index >= 15 is 0 Å². The number of likely N-dealkylation sites (tertiary alicyclic amines) is 1. The molecule has 1 saturated heterocycles. The Bertz CT molecular complexity index is 1000. The molecule has 1 fully saturated rings. The molecule has 1 aliphatic heterocycles. The van der Waals surface area contributed by atoms with E-state index in [0.29, 0.717) is 36.0 Å². The van der Waals surface area contributed by atoms with Crippen molar-refractivity contribution in [3.63, 3.8) is 0 Å². The lowest BCUT2D eigenvalue weighted by Crippen LogP contribution is -2.68. The van der Waals surface area contributed by atoms with Gasteiger partial charge in [0.25, 0.3) is 11.8 Å². The number of hydrogen-bond donors (Lipinski definition) is 2. The Morgan fingerprint density at radius 3 is 2.77 bits per heavy atom. The molecule has 1 aromatic carbocycles. The van der Waals surface area contributed by atoms with Gasteiger partial charge in [0.05, 0.1) is 17.2 Å². The number of allylic oxidation sites excluding steroid dienone is 2. The Hall–Kier alpha value is -1.58. The Kier molecular flexibility index (Phi) is 5.89. The van der Waals surface area contributed by atoms with Crippen molar-refractivity contribution >= 4 is 44.5 Å². The summed E-state index contributed by atoms with van der Waals surface area (Å²) < 4.78 is 27.7. The lowest BCUT2D eigenvalue weighted by atomic mass is 9.86. The van der Waals surface area contributed by atoms with Crippen LogP contribution in [0.1, 0.15) is 47.3 Å². The van der Waals surface area contributed by atoms with Gasteiger partial charge in [0.15, 0.2) is 0 Å². The summed E-state index contributed by atoms with van der Waals surface area (Å²) in [7, 11) is 0. The zero-order chi connectivity index (χ0) is 21.5. The van der Waals surface area contributed by atoms with Gasteiger partial charge in [-0.3, -0.25) is 4.79 Å². The summed E-state index contributed by atoms with van der Waals surface area (Å²) in [6.45, 7) is 1.37. The standard InChI is InChI=1S/C21H24ClF2N3O2S/c22-17-15-3-2-14(13-4-7-21(23,24)8-5-13)10-16(15)30-18(17)19(28)27-11-20(25,12-27)6-1-9-29-26/h2-4,10H,1,5-9,11-12,25-26H2. The number of benzene rings is 1. The predicted molar refractivity (Wildman–Crippen MR) is 116 cm³/mol. The highest BCUT2D eigenvalue weighted by atomic mass is 35.5. The van der Waals surface area contributed by atoms with E-state index in [1.54, 1.807) is 11.0 Å². The molecule has 0 saturated carbocycles. The van der Waals surface area contributed by atoms with Crippen LogP contribution >= 0.6 is 22.9 Å². The van der Waals surface area contributed by atoms with E-state index in [-0.39, 0.29) is 18.7 Å². The second-order valence-corrected chi connectivity index (χ2v) is 9.67. The number of carbonyl (C=O) groups is 1. The molecule has 5 nitrogen and oxygen atoms in total. The number of thiophene rings is 1. The average Bonchev–Trinajstić information content (AvgIpc) is 3.01. The molecule has 1 aliphatic carbocycles. The molecule has 4 rings (SSSR count). The summed E-state index contributed by atoms with van der Waals surface area (Å²) in [5.41, 5.74) is 7.71. The third kappa shape index (κ3) is 4.24. The fourth-order valence-electron chi connectivity index (χ4n) is 4.13. The van der Waals surface area contributed by atoms with Gasteiger partial charge in [-0.2, -0.15) is 0 Å². The molecule has 0 atom stereocenters. The zero-order valence-corrected chi connectivity index (χ0v) is 18.0. The normalized spacial score (nSPS) is 20.2. The minimum atomic E-state index is -2.62. The first kappa shape index (κ1) is 21.6. The van der Waals surface area contributed by atoms with Crippen molar-refractivity contribution in [2.24, 2.45) is 11.6 Å². The van der Waals surface area contributed by atoms with Crippen LogP contribution in [-0.4, -0.2) is 42.0 Å². The van der Waals surface area contributed by atoms with E-state index in [2.05, 4.69) is 4.84 Å². The number of rotatable bonds is 6. The third-order valence-electron chi connectivity index (χ3n) is 5.84. The highest BCUT2D eigenvalue weighted by molar-refractivity contribution is 7.21. The summed E-state index contributed by atoms with van der Waals surface area (Å²) in [5.74, 6) is 2.29. The molecule has 30 heavy (non-hydrogen) atoms. The van der Waals surface area contributed by atoms with Crippen LogP contribution in [0.15, 0.2) is 24.3 Å². The third-order valence-corrected chi connectivity index (χ3v) is 7.48. The van der Waals surface area contributed by atoms with Crippen molar-refractivity contribution in [2.75, 3.05) is 19.7 Å². The first-order valence-electron chi connectivity index (χ1n) is 9.90. The fraction of sp³-hybridized carbons (Fsp3) is 0.476. The number of amides is 1. The van der Waals surface area contributed by atoms with Crippen LogP contribution in [0.3, 0.4) is 0 Å². The van der Waals surface area contributed by atoms with E-state index < -0.39 is 11.5 Å². The van der Waals surface area contributed by atoms with E-state index in [1.807, 2.05) is 18.2 Å². The zero-order valence-electron chi connectivity index (χ0n) is 16.4. The largest absolute Gasteiger partial charge is 0.334 e. The van der Waals surface area contributed by atoms with Crippen molar-refractivity contribution in [1.29, 1.82) is 0 Å². The van der Waals surface area contributed by atoms with Gasteiger partial charge in [-0.15, -0.1) is 11.3 Å². The molecule has 0 bridgehead atoms. The first-order chi connectivity index (χ1) is 14.2. The molecule has 1 aromatic heterocycles. The molecular weight excluding hydrogens is 432 g/mol. The molecular formula is C21H24ClF2N3O2S. The maximum absolute atomic E-state index is 13.4. The fourth-order valence-corrected chi connectivity index (χ4v) is 5.64. The molecule has 4 N–H and O–H groups in total. The van der Waals surface area contributed by atoms with Crippen molar-refractivity contribution < 1.29 is 18.4 Å². The monoisotopic (exact) mass is 455 g/mol. The number of nitrogens with two attached hydrogens (primary N) is 2. The number of halogens is 3. The summed E-state index contributed by atoms with van der Waals surface area (Å²) in [6.07, 6.45) is 3.05. The number of hydrogen-bond acceptors (Lipinski definition) is 5. The summed E-state index contributed by atoms with van der Waals surface area (Å²) >= 11 is 7.85. The van der Waals surface area contributed by atoms with Crippen LogP contribution in [0.2, 0.25) is 5.02 Å². The lowest BCUT2D eigenvalue weighted by molar-refractivity contribution is -0.00603. The predicted octanol–water partition coefficient (Wildman–Crippen LogP) is 4.58. The molecule has 0 unspecified atom stereocenters. The van der Waals surface area contributed by atoms with Crippen molar-refractivity contribution in [3.05, 3.63) is 39.7 Å². The summed E-state index contributed by atoms with van der Waals surface area (Å²) in [4.78, 5) is 19.7. The highest BCUT2D eigenvalue weighted by Crippen LogP contribution is 2.41. The van der Waals surface area contributed by atoms with Gasteiger partial charge in [-0.05, 0) is 36.5 Å². The van der Waals surface area contributed by atoms with E-state index in [9.17, 15) is 13.6 Å². The Labute approximate surface area is 182 Å². The Morgan fingerprint density at radius 2 is 2.10 bits per heavy atom. The van der Waals surface area contributed by atoms with Gasteiger partial charge < -0.3 is 15.5 Å². The molecule has 162 valence electrons. The van der Waals surface area contributed by atoms with Crippen LogP contribution in [0.5, 0.6) is 0 Å². The van der Waals surface area contributed by atoms with Crippen molar-refractivity contribution in [1.82, 2.24) is 4.90 Å². The molecule has 0 spiro atoms. The van der Waals surface area contributed by atoms with Crippen molar-refractivity contribution in [2.45, 2.75) is 43.6 Å². The maximum Gasteiger partial charge on any atom is 0.265 e. The molecule has 0 radical (unpaired) electrons. The molecule has 2 heterocycles. The van der Waals surface area contributed by atoms with E-state index in [1.165, 1.54) is 11.3 Å². The summed E-state index contributed by atoms with van der Waals surface area (Å²) in [5, 5.41) is 1.23. The minimum Gasteiger partial charge on any atom is -0.334 e. The van der Waals surface area contributed by atoms with Crippen LogP contribution in [0.25, 0.3) is 15.7 Å². The van der Waals surface area contributed by atoms with Gasteiger partial charge in [-0.1, -0.05) is 29.8 Å². The molecule has 1 amide bonds. The van der Waals surface area contributed by atoms with Crippen LogP contribution < -0.4 is 11.6 Å². The second kappa shape index (κ2) is 8.16. The number of carbonyl (C=O) groups excluding carboxylic acids is 1. The van der Waals surface area contributed by atoms with Gasteiger partial charge >= 0.3 is 0 Å². The van der Waals surface area contributed by atoms with Gasteiger partial charge in [-0.25, -0.2) is 14.7 Å².